The molecule has 154 valence electrons. The van der Waals surface area contributed by atoms with Gasteiger partial charge in [0.15, 0.2) is 0 Å². The highest BCUT2D eigenvalue weighted by atomic mass is 16.6. The molecule has 0 radical (unpaired) electrons. The molecular weight excluding hydrogens is 340 g/mol. The highest BCUT2D eigenvalue weighted by Crippen LogP contribution is 2.36. The van der Waals surface area contributed by atoms with Gasteiger partial charge in [0, 0.05) is 31.8 Å². The predicted molar refractivity (Wildman–Crippen MR) is 111 cm³/mol. The molecule has 2 bridgehead atoms. The molecular formula is C22H38N2O3. The van der Waals surface area contributed by atoms with E-state index >= 15 is 0 Å². The maximum absolute atomic E-state index is 12.4. The van der Waals surface area contributed by atoms with Crippen molar-refractivity contribution < 1.29 is 14.6 Å². The van der Waals surface area contributed by atoms with E-state index in [9.17, 15) is 4.79 Å². The predicted octanol–water partition coefficient (Wildman–Crippen LogP) is 4.34. The van der Waals surface area contributed by atoms with E-state index in [1.807, 2.05) is 45.6 Å². The minimum atomic E-state index is -0.418. The average Bonchev–Trinajstić information content (AvgIpc) is 2.94. The number of nitrogens with one attached hydrogen (secondary N) is 1. The van der Waals surface area contributed by atoms with E-state index in [1.54, 1.807) is 0 Å². The number of carbonyl (C=O) groups excluding carboxylic acids is 1. The molecule has 2 atom stereocenters. The van der Waals surface area contributed by atoms with Crippen LogP contribution in [0.25, 0.3) is 0 Å². The molecule has 0 saturated carbocycles. The van der Waals surface area contributed by atoms with E-state index in [1.165, 1.54) is 5.56 Å². The summed E-state index contributed by atoms with van der Waals surface area (Å²) >= 11 is 0. The van der Waals surface area contributed by atoms with Crippen LogP contribution in [0, 0.1) is 0 Å². The van der Waals surface area contributed by atoms with Crippen LogP contribution >= 0.6 is 0 Å². The smallest absolute Gasteiger partial charge is 0.410 e. The summed E-state index contributed by atoms with van der Waals surface area (Å²) in [6, 6.07) is 11.6. The standard InChI is InChI=1S/C19H28N2O2.C2H6.CH4O/c1-19(2,3)23-18(22)21-16-9-10-17(21)12-15(11-16)20-13-14-7-5-4-6-8-14;2*1-2/h4-8,15-17,20H,9-13H2,1-3H3;1-2H3;2H,1H3/t16-,17-;;/m0../s1. The average molecular weight is 379 g/mol. The molecule has 2 N–H and O–H groups in total. The Labute approximate surface area is 165 Å². The van der Waals surface area contributed by atoms with Crippen molar-refractivity contribution in [2.75, 3.05) is 7.11 Å². The summed E-state index contributed by atoms with van der Waals surface area (Å²) in [5, 5.41) is 10.7. The number of fused-ring (bicyclic) bond motifs is 2. The Bertz CT molecular complexity index is 528. The monoisotopic (exact) mass is 378 g/mol. The van der Waals surface area contributed by atoms with Gasteiger partial charge < -0.3 is 20.1 Å². The highest BCUT2D eigenvalue weighted by molar-refractivity contribution is 5.69. The lowest BCUT2D eigenvalue weighted by molar-refractivity contribution is 0.00466. The third-order valence-electron chi connectivity index (χ3n) is 4.78. The van der Waals surface area contributed by atoms with Crippen molar-refractivity contribution in [3.8, 4) is 0 Å². The Morgan fingerprint density at radius 1 is 1.11 bits per heavy atom. The van der Waals surface area contributed by atoms with Crippen LogP contribution in [0.15, 0.2) is 30.3 Å². The van der Waals surface area contributed by atoms with Gasteiger partial charge in [0.1, 0.15) is 5.60 Å². The molecule has 27 heavy (non-hydrogen) atoms. The lowest BCUT2D eigenvalue weighted by Crippen LogP contribution is -2.52. The molecule has 0 spiro atoms. The van der Waals surface area contributed by atoms with Crippen LogP contribution in [-0.2, 0) is 11.3 Å². The minimum Gasteiger partial charge on any atom is -0.444 e. The number of rotatable bonds is 3. The van der Waals surface area contributed by atoms with Gasteiger partial charge in [-0.15, -0.1) is 0 Å². The minimum absolute atomic E-state index is 0.133. The van der Waals surface area contributed by atoms with Gasteiger partial charge in [0.2, 0.25) is 0 Å². The fraction of sp³-hybridized carbons (Fsp3) is 0.682. The molecule has 0 unspecified atom stereocenters. The second kappa shape index (κ2) is 11.3. The zero-order valence-corrected chi connectivity index (χ0v) is 17.9. The van der Waals surface area contributed by atoms with Crippen molar-refractivity contribution in [1.82, 2.24) is 10.2 Å². The zero-order chi connectivity index (χ0) is 20.4. The van der Waals surface area contributed by atoms with Gasteiger partial charge in [-0.25, -0.2) is 4.79 Å². The molecule has 2 fully saturated rings. The molecule has 2 heterocycles. The van der Waals surface area contributed by atoms with E-state index in [4.69, 9.17) is 9.84 Å². The van der Waals surface area contributed by atoms with Crippen LogP contribution < -0.4 is 5.32 Å². The van der Waals surface area contributed by atoms with Crippen molar-refractivity contribution in [1.29, 1.82) is 0 Å². The number of amides is 1. The molecule has 2 aliphatic heterocycles. The van der Waals surface area contributed by atoms with Gasteiger partial charge >= 0.3 is 6.09 Å². The van der Waals surface area contributed by atoms with Crippen molar-refractivity contribution in [2.24, 2.45) is 0 Å². The fourth-order valence-corrected chi connectivity index (χ4v) is 3.81. The summed E-state index contributed by atoms with van der Waals surface area (Å²) in [4.78, 5) is 14.4. The number of nitrogens with zero attached hydrogens (tertiary/aromatic N) is 1. The van der Waals surface area contributed by atoms with Crippen LogP contribution in [0.1, 0.15) is 65.9 Å². The maximum Gasteiger partial charge on any atom is 0.410 e. The van der Waals surface area contributed by atoms with Gasteiger partial charge in [-0.2, -0.15) is 0 Å². The van der Waals surface area contributed by atoms with E-state index in [0.29, 0.717) is 18.1 Å². The van der Waals surface area contributed by atoms with Crippen molar-refractivity contribution in [2.45, 2.75) is 90.6 Å². The van der Waals surface area contributed by atoms with Gasteiger partial charge in [0.25, 0.3) is 0 Å². The molecule has 1 amide bonds. The fourth-order valence-electron chi connectivity index (χ4n) is 3.81. The first-order valence-corrected chi connectivity index (χ1v) is 10.2. The second-order valence-electron chi connectivity index (χ2n) is 7.81. The number of hydrogen-bond donors (Lipinski definition) is 2. The Morgan fingerprint density at radius 3 is 2.11 bits per heavy atom. The Balaban J connectivity index is 0.000000855. The molecule has 1 aromatic carbocycles. The molecule has 2 aliphatic rings. The van der Waals surface area contributed by atoms with E-state index in [0.717, 1.165) is 39.3 Å². The van der Waals surface area contributed by atoms with Crippen LogP contribution in [-0.4, -0.2) is 46.9 Å². The molecule has 0 aromatic heterocycles. The number of benzene rings is 1. The largest absolute Gasteiger partial charge is 0.444 e. The van der Waals surface area contributed by atoms with E-state index in [2.05, 4.69) is 29.6 Å². The number of aliphatic hydroxyl groups is 1. The lowest BCUT2D eigenvalue weighted by Gasteiger charge is -2.39. The molecule has 5 nitrogen and oxygen atoms in total. The van der Waals surface area contributed by atoms with Gasteiger partial charge in [-0.1, -0.05) is 44.2 Å². The molecule has 3 rings (SSSR count). The number of piperidine rings is 1. The Morgan fingerprint density at radius 2 is 1.63 bits per heavy atom. The summed E-state index contributed by atoms with van der Waals surface area (Å²) in [7, 11) is 1.00. The summed E-state index contributed by atoms with van der Waals surface area (Å²) < 4.78 is 5.59. The third kappa shape index (κ3) is 7.15. The summed E-state index contributed by atoms with van der Waals surface area (Å²) in [6.45, 7) is 10.7. The van der Waals surface area contributed by atoms with Gasteiger partial charge in [-0.3, -0.25) is 0 Å². The Hall–Kier alpha value is -1.59. The van der Waals surface area contributed by atoms with E-state index in [-0.39, 0.29) is 6.09 Å². The topological polar surface area (TPSA) is 61.8 Å². The molecule has 2 saturated heterocycles. The van der Waals surface area contributed by atoms with Crippen molar-refractivity contribution in [3.05, 3.63) is 35.9 Å². The summed E-state index contributed by atoms with van der Waals surface area (Å²) in [6.07, 6.45) is 4.14. The first kappa shape index (κ1) is 23.4. The van der Waals surface area contributed by atoms with Crippen molar-refractivity contribution >= 4 is 6.09 Å². The zero-order valence-electron chi connectivity index (χ0n) is 17.9. The molecule has 5 heteroatoms. The molecule has 0 aliphatic carbocycles. The van der Waals surface area contributed by atoms with Gasteiger partial charge in [0.05, 0.1) is 0 Å². The third-order valence-corrected chi connectivity index (χ3v) is 4.78. The highest BCUT2D eigenvalue weighted by Gasteiger charge is 2.44. The van der Waals surface area contributed by atoms with E-state index < -0.39 is 5.60 Å². The first-order chi connectivity index (χ1) is 12.9. The van der Waals surface area contributed by atoms with Crippen LogP contribution in [0.3, 0.4) is 0 Å². The van der Waals surface area contributed by atoms with Crippen LogP contribution in [0.2, 0.25) is 0 Å². The lowest BCUT2D eigenvalue weighted by atomic mass is 9.97. The van der Waals surface area contributed by atoms with Gasteiger partial charge in [-0.05, 0) is 52.0 Å². The SMILES string of the molecule is CC.CC(C)(C)OC(=O)N1[C@H]2CC[C@H]1CC(NCc1ccccc1)C2.CO. The number of hydrogen-bond acceptors (Lipinski definition) is 4. The summed E-state index contributed by atoms with van der Waals surface area (Å²) in [5.74, 6) is 0. The normalized spacial score (nSPS) is 23.5. The quantitative estimate of drug-likeness (QED) is 0.821. The second-order valence-corrected chi connectivity index (χ2v) is 7.81. The molecule has 1 aromatic rings. The maximum atomic E-state index is 12.4. The van der Waals surface area contributed by atoms with Crippen LogP contribution in [0.5, 0.6) is 0 Å². The van der Waals surface area contributed by atoms with Crippen LogP contribution in [0.4, 0.5) is 4.79 Å². The number of ether oxygens (including phenoxy) is 1. The summed E-state index contributed by atoms with van der Waals surface area (Å²) in [5.41, 5.74) is 0.897. The number of aliphatic hydroxyl groups excluding tert-OH is 1. The van der Waals surface area contributed by atoms with Crippen molar-refractivity contribution in [3.63, 3.8) is 0 Å². The first-order valence-electron chi connectivity index (χ1n) is 10.2. The number of carbonyl (C=O) groups is 1. The Kier molecular flexibility index (Phi) is 9.81.